The Hall–Kier alpha value is -0.590. The van der Waals surface area contributed by atoms with Gasteiger partial charge in [-0.15, -0.1) is 0 Å². The van der Waals surface area contributed by atoms with Gasteiger partial charge in [0.25, 0.3) is 0 Å². The summed E-state index contributed by atoms with van der Waals surface area (Å²) in [5, 5.41) is 12.5. The molecule has 2 fully saturated rings. The summed E-state index contributed by atoms with van der Waals surface area (Å²) < 4.78 is 0. The summed E-state index contributed by atoms with van der Waals surface area (Å²) in [6, 6.07) is 3.76. The van der Waals surface area contributed by atoms with Gasteiger partial charge in [-0.3, -0.25) is 4.90 Å². The fourth-order valence-corrected chi connectivity index (χ4v) is 3.30. The summed E-state index contributed by atoms with van der Waals surface area (Å²) in [6.07, 6.45) is 7.63. The zero-order valence-electron chi connectivity index (χ0n) is 10.3. The molecular formula is C13H23N3. The van der Waals surface area contributed by atoms with E-state index in [0.717, 1.165) is 13.0 Å². The van der Waals surface area contributed by atoms with E-state index in [9.17, 15) is 0 Å². The first-order valence-corrected chi connectivity index (χ1v) is 6.66. The number of nitrogens with zero attached hydrogens (tertiary/aromatic N) is 2. The maximum absolute atomic E-state index is 9.04. The first-order chi connectivity index (χ1) is 7.85. The maximum atomic E-state index is 9.04. The SMILES string of the molecule is CN[C@H]1CCCC[C@@H]1N1CCC[C@@H](C#N)C1. The second-order valence-electron chi connectivity index (χ2n) is 5.21. The summed E-state index contributed by atoms with van der Waals surface area (Å²) in [5.74, 6) is 0.271. The van der Waals surface area contributed by atoms with Crippen LogP contribution in [-0.2, 0) is 0 Å². The summed E-state index contributed by atoms with van der Waals surface area (Å²) in [4.78, 5) is 2.57. The van der Waals surface area contributed by atoms with Crippen molar-refractivity contribution in [2.45, 2.75) is 50.6 Å². The van der Waals surface area contributed by atoms with Gasteiger partial charge >= 0.3 is 0 Å². The molecule has 1 saturated carbocycles. The van der Waals surface area contributed by atoms with Crippen LogP contribution in [0.3, 0.4) is 0 Å². The minimum Gasteiger partial charge on any atom is -0.315 e. The fraction of sp³-hybridized carbons (Fsp3) is 0.923. The van der Waals surface area contributed by atoms with Crippen LogP contribution in [0.1, 0.15) is 38.5 Å². The second kappa shape index (κ2) is 5.65. The summed E-state index contributed by atoms with van der Waals surface area (Å²) >= 11 is 0. The van der Waals surface area contributed by atoms with Gasteiger partial charge in [-0.1, -0.05) is 12.8 Å². The minimum absolute atomic E-state index is 0.271. The average molecular weight is 221 g/mol. The van der Waals surface area contributed by atoms with Crippen LogP contribution in [0.5, 0.6) is 0 Å². The van der Waals surface area contributed by atoms with Gasteiger partial charge in [-0.05, 0) is 39.3 Å². The number of nitrogens with one attached hydrogen (secondary N) is 1. The minimum atomic E-state index is 0.271. The second-order valence-corrected chi connectivity index (χ2v) is 5.21. The van der Waals surface area contributed by atoms with Crippen molar-refractivity contribution in [2.24, 2.45) is 5.92 Å². The van der Waals surface area contributed by atoms with E-state index in [4.69, 9.17) is 5.26 Å². The first kappa shape index (κ1) is 11.9. The van der Waals surface area contributed by atoms with E-state index in [2.05, 4.69) is 23.3 Å². The number of nitriles is 1. The highest BCUT2D eigenvalue weighted by molar-refractivity contribution is 4.94. The van der Waals surface area contributed by atoms with Gasteiger partial charge in [0.05, 0.1) is 12.0 Å². The van der Waals surface area contributed by atoms with E-state index < -0.39 is 0 Å². The predicted octanol–water partition coefficient (Wildman–Crippen LogP) is 1.75. The maximum Gasteiger partial charge on any atom is 0.0669 e. The van der Waals surface area contributed by atoms with Crippen molar-refractivity contribution in [3.8, 4) is 6.07 Å². The zero-order chi connectivity index (χ0) is 11.4. The molecule has 3 nitrogen and oxygen atoms in total. The first-order valence-electron chi connectivity index (χ1n) is 6.66. The summed E-state index contributed by atoms with van der Waals surface area (Å²) in [7, 11) is 2.08. The lowest BCUT2D eigenvalue weighted by Crippen LogP contribution is -2.53. The molecule has 1 heterocycles. The number of likely N-dealkylation sites (tertiary alicyclic amines) is 1. The Morgan fingerprint density at radius 2 is 2.00 bits per heavy atom. The van der Waals surface area contributed by atoms with Gasteiger partial charge in [0.2, 0.25) is 0 Å². The highest BCUT2D eigenvalue weighted by Crippen LogP contribution is 2.27. The lowest BCUT2D eigenvalue weighted by molar-refractivity contribution is 0.0901. The van der Waals surface area contributed by atoms with Crippen molar-refractivity contribution in [3.05, 3.63) is 0 Å². The topological polar surface area (TPSA) is 39.1 Å². The van der Waals surface area contributed by atoms with Crippen LogP contribution >= 0.6 is 0 Å². The molecule has 0 spiro atoms. The summed E-state index contributed by atoms with van der Waals surface area (Å²) in [5.41, 5.74) is 0. The van der Waals surface area contributed by atoms with Gasteiger partial charge in [-0.25, -0.2) is 0 Å². The van der Waals surface area contributed by atoms with E-state index in [1.54, 1.807) is 0 Å². The Morgan fingerprint density at radius 3 is 2.75 bits per heavy atom. The third kappa shape index (κ3) is 2.56. The van der Waals surface area contributed by atoms with Crippen LogP contribution in [-0.4, -0.2) is 37.1 Å². The molecule has 90 valence electrons. The van der Waals surface area contributed by atoms with Crippen LogP contribution in [0.2, 0.25) is 0 Å². The lowest BCUT2D eigenvalue weighted by atomic mass is 9.87. The number of hydrogen-bond donors (Lipinski definition) is 1. The van der Waals surface area contributed by atoms with Crippen molar-refractivity contribution < 1.29 is 0 Å². The van der Waals surface area contributed by atoms with E-state index >= 15 is 0 Å². The van der Waals surface area contributed by atoms with Gasteiger partial charge < -0.3 is 5.32 Å². The molecule has 0 amide bonds. The molecule has 0 bridgehead atoms. The van der Waals surface area contributed by atoms with Gasteiger partial charge in [0, 0.05) is 18.6 Å². The summed E-state index contributed by atoms with van der Waals surface area (Å²) in [6.45, 7) is 2.19. The van der Waals surface area contributed by atoms with Crippen LogP contribution < -0.4 is 5.32 Å². The molecule has 1 saturated heterocycles. The molecule has 2 rings (SSSR count). The van der Waals surface area contributed by atoms with Gasteiger partial charge in [0.15, 0.2) is 0 Å². The Bertz CT molecular complexity index is 258. The Labute approximate surface area is 98.8 Å². The van der Waals surface area contributed by atoms with Crippen LogP contribution in [0.25, 0.3) is 0 Å². The van der Waals surface area contributed by atoms with Crippen molar-refractivity contribution in [1.82, 2.24) is 10.2 Å². The Morgan fingerprint density at radius 1 is 1.19 bits per heavy atom. The molecule has 1 aliphatic heterocycles. The fourth-order valence-electron chi connectivity index (χ4n) is 3.30. The van der Waals surface area contributed by atoms with Crippen molar-refractivity contribution >= 4 is 0 Å². The Balaban J connectivity index is 1.96. The molecule has 16 heavy (non-hydrogen) atoms. The molecule has 1 aliphatic carbocycles. The van der Waals surface area contributed by atoms with Crippen LogP contribution in [0, 0.1) is 17.2 Å². The number of likely N-dealkylation sites (N-methyl/N-ethyl adjacent to an activating group) is 1. The zero-order valence-corrected chi connectivity index (χ0v) is 10.3. The van der Waals surface area contributed by atoms with E-state index in [1.165, 1.54) is 38.6 Å². The van der Waals surface area contributed by atoms with Crippen LogP contribution in [0.4, 0.5) is 0 Å². The molecule has 2 aliphatic rings. The lowest BCUT2D eigenvalue weighted by Gasteiger charge is -2.42. The van der Waals surface area contributed by atoms with Crippen molar-refractivity contribution in [3.63, 3.8) is 0 Å². The molecule has 0 unspecified atom stereocenters. The van der Waals surface area contributed by atoms with Gasteiger partial charge in [-0.2, -0.15) is 5.26 Å². The third-order valence-corrected chi connectivity index (χ3v) is 4.20. The normalized spacial score (nSPS) is 36.9. The van der Waals surface area contributed by atoms with Crippen molar-refractivity contribution in [2.75, 3.05) is 20.1 Å². The molecular weight excluding hydrogens is 198 g/mol. The highest BCUT2D eigenvalue weighted by atomic mass is 15.2. The number of piperidine rings is 1. The van der Waals surface area contributed by atoms with Crippen molar-refractivity contribution in [1.29, 1.82) is 5.26 Å². The number of rotatable bonds is 2. The quantitative estimate of drug-likeness (QED) is 0.772. The molecule has 3 heteroatoms. The van der Waals surface area contributed by atoms with Crippen LogP contribution in [0.15, 0.2) is 0 Å². The standard InChI is InChI=1S/C13H23N3/c1-15-12-6-2-3-7-13(12)16-8-4-5-11(9-14)10-16/h11-13,15H,2-8,10H2,1H3/t11-,12-,13-/m0/s1. The average Bonchev–Trinajstić information content (AvgIpc) is 2.38. The Kier molecular flexibility index (Phi) is 4.20. The molecule has 3 atom stereocenters. The van der Waals surface area contributed by atoms with Gasteiger partial charge in [0.1, 0.15) is 0 Å². The monoisotopic (exact) mass is 221 g/mol. The highest BCUT2D eigenvalue weighted by Gasteiger charge is 2.32. The van der Waals surface area contributed by atoms with E-state index in [-0.39, 0.29) is 5.92 Å². The predicted molar refractivity (Wildman–Crippen MR) is 65.0 cm³/mol. The largest absolute Gasteiger partial charge is 0.315 e. The third-order valence-electron chi connectivity index (χ3n) is 4.20. The molecule has 0 aromatic carbocycles. The molecule has 0 aromatic heterocycles. The van der Waals surface area contributed by atoms with E-state index in [1.807, 2.05) is 0 Å². The number of hydrogen-bond acceptors (Lipinski definition) is 3. The molecule has 0 aromatic rings. The smallest absolute Gasteiger partial charge is 0.0669 e. The molecule has 0 radical (unpaired) electrons. The molecule has 1 N–H and O–H groups in total. The van der Waals surface area contributed by atoms with E-state index in [0.29, 0.717) is 12.1 Å².